The molecule has 0 saturated carbocycles. The third-order valence-corrected chi connectivity index (χ3v) is 5.30. The highest BCUT2D eigenvalue weighted by Gasteiger charge is 2.38. The molecule has 1 aromatic rings. The van der Waals surface area contributed by atoms with Gasteiger partial charge in [-0.25, -0.2) is 4.79 Å². The molecule has 0 radical (unpaired) electrons. The molecule has 0 saturated heterocycles. The number of halogens is 3. The van der Waals surface area contributed by atoms with E-state index in [4.69, 9.17) is 4.74 Å². The van der Waals surface area contributed by atoms with Crippen LogP contribution in [-0.2, 0) is 25.3 Å². The molecule has 1 aromatic carbocycles. The van der Waals surface area contributed by atoms with Crippen molar-refractivity contribution in [3.05, 3.63) is 46.7 Å². The van der Waals surface area contributed by atoms with E-state index >= 15 is 0 Å². The Balaban J connectivity index is 2.34. The zero-order valence-corrected chi connectivity index (χ0v) is 18.7. The summed E-state index contributed by atoms with van der Waals surface area (Å²) < 4.78 is 43.9. The van der Waals surface area contributed by atoms with Gasteiger partial charge in [-0.2, -0.15) is 13.2 Å². The maximum absolute atomic E-state index is 12.9. The fraction of sp³-hybridized carbons (Fsp3) is 0.522. The average molecular weight is 454 g/mol. The third kappa shape index (κ3) is 6.34. The summed E-state index contributed by atoms with van der Waals surface area (Å²) in [5.74, 6) is -1.75. The molecule has 176 valence electrons. The minimum absolute atomic E-state index is 0.0962. The molecule has 0 spiro atoms. The molecule has 1 atom stereocenters. The fourth-order valence-corrected chi connectivity index (χ4v) is 3.57. The van der Waals surface area contributed by atoms with Gasteiger partial charge in [-0.15, -0.1) is 0 Å². The monoisotopic (exact) mass is 454 g/mol. The molecule has 0 fully saturated rings. The van der Waals surface area contributed by atoms with Gasteiger partial charge in [0.2, 0.25) is 11.8 Å². The second-order valence-corrected chi connectivity index (χ2v) is 8.11. The Hall–Kier alpha value is -2.84. The maximum atomic E-state index is 12.9. The van der Waals surface area contributed by atoms with E-state index in [0.29, 0.717) is 18.0 Å². The van der Waals surface area contributed by atoms with Crippen molar-refractivity contribution in [2.75, 3.05) is 19.7 Å². The standard InChI is InChI=1S/C23H29F3N2O4/c1-5-32-22(31)21-15(4)28(13-19(29)27-11-10-14(2)3)20(30)12-18(21)16-6-8-17(9-7-16)23(24,25)26/h6-9,14,18H,5,10-13H2,1-4H3,(H,27,29). The Kier molecular flexibility index (Phi) is 8.46. The highest BCUT2D eigenvalue weighted by atomic mass is 19.4. The first-order chi connectivity index (χ1) is 15.0. The molecule has 1 aliphatic heterocycles. The molecular formula is C23H29F3N2O4. The summed E-state index contributed by atoms with van der Waals surface area (Å²) in [5.41, 5.74) is 0.0149. The normalized spacial score (nSPS) is 17.1. The van der Waals surface area contributed by atoms with Crippen molar-refractivity contribution in [3.8, 4) is 0 Å². The molecule has 0 aromatic heterocycles. The third-order valence-electron chi connectivity index (χ3n) is 5.30. The van der Waals surface area contributed by atoms with E-state index in [0.717, 1.165) is 18.6 Å². The lowest BCUT2D eigenvalue weighted by atomic mass is 9.83. The Morgan fingerprint density at radius 3 is 2.38 bits per heavy atom. The van der Waals surface area contributed by atoms with Gasteiger partial charge in [-0.3, -0.25) is 9.59 Å². The quantitative estimate of drug-likeness (QED) is 0.602. The first kappa shape index (κ1) is 25.4. The van der Waals surface area contributed by atoms with Crippen LogP contribution in [-0.4, -0.2) is 42.4 Å². The smallest absolute Gasteiger partial charge is 0.416 e. The molecule has 6 nitrogen and oxygen atoms in total. The summed E-state index contributed by atoms with van der Waals surface area (Å²) in [7, 11) is 0. The number of ether oxygens (including phenoxy) is 1. The number of alkyl halides is 3. The molecule has 9 heteroatoms. The number of hydrogen-bond acceptors (Lipinski definition) is 4. The minimum atomic E-state index is -4.49. The summed E-state index contributed by atoms with van der Waals surface area (Å²) in [4.78, 5) is 39.1. The zero-order valence-electron chi connectivity index (χ0n) is 18.7. The van der Waals surface area contributed by atoms with Crippen LogP contribution in [0.25, 0.3) is 0 Å². The van der Waals surface area contributed by atoms with E-state index in [1.54, 1.807) is 13.8 Å². The zero-order chi connectivity index (χ0) is 24.1. The van der Waals surface area contributed by atoms with Crippen molar-refractivity contribution in [2.24, 2.45) is 5.92 Å². The van der Waals surface area contributed by atoms with E-state index in [2.05, 4.69) is 5.32 Å². The SMILES string of the molecule is CCOC(=O)C1=C(C)N(CC(=O)NCCC(C)C)C(=O)CC1c1ccc(C(F)(F)F)cc1. The van der Waals surface area contributed by atoms with Crippen molar-refractivity contribution in [1.82, 2.24) is 10.2 Å². The van der Waals surface area contributed by atoms with Gasteiger partial charge in [0.05, 0.1) is 17.7 Å². The van der Waals surface area contributed by atoms with E-state index in [9.17, 15) is 27.6 Å². The van der Waals surface area contributed by atoms with Gasteiger partial charge < -0.3 is 15.0 Å². The molecule has 2 rings (SSSR count). The van der Waals surface area contributed by atoms with Gasteiger partial charge in [-0.05, 0) is 43.9 Å². The van der Waals surface area contributed by atoms with Crippen LogP contribution in [0.1, 0.15) is 57.6 Å². The Bertz CT molecular complexity index is 876. The Morgan fingerprint density at radius 1 is 1.22 bits per heavy atom. The Labute approximate surface area is 185 Å². The number of rotatable bonds is 8. The number of allylic oxidation sites excluding steroid dienone is 1. The van der Waals surface area contributed by atoms with Crippen LogP contribution in [0.2, 0.25) is 0 Å². The number of benzene rings is 1. The van der Waals surface area contributed by atoms with Crippen molar-refractivity contribution >= 4 is 17.8 Å². The van der Waals surface area contributed by atoms with Crippen molar-refractivity contribution < 1.29 is 32.3 Å². The number of nitrogens with zero attached hydrogens (tertiary/aromatic N) is 1. The molecular weight excluding hydrogens is 425 g/mol. The maximum Gasteiger partial charge on any atom is 0.416 e. The second kappa shape index (κ2) is 10.7. The summed E-state index contributed by atoms with van der Waals surface area (Å²) in [5, 5.41) is 2.76. The minimum Gasteiger partial charge on any atom is -0.463 e. The number of amides is 2. The van der Waals surface area contributed by atoms with Crippen LogP contribution < -0.4 is 5.32 Å². The number of carbonyl (C=O) groups is 3. The summed E-state index contributed by atoms with van der Waals surface area (Å²) in [6, 6.07) is 4.38. The number of nitrogens with one attached hydrogen (secondary N) is 1. The number of hydrogen-bond donors (Lipinski definition) is 1. The van der Waals surface area contributed by atoms with Crippen LogP contribution in [0.5, 0.6) is 0 Å². The van der Waals surface area contributed by atoms with Crippen molar-refractivity contribution in [1.29, 1.82) is 0 Å². The van der Waals surface area contributed by atoms with Gasteiger partial charge in [-0.1, -0.05) is 26.0 Å². The molecule has 1 N–H and O–H groups in total. The number of carbonyl (C=O) groups excluding carboxylic acids is 3. The molecule has 0 bridgehead atoms. The largest absolute Gasteiger partial charge is 0.463 e. The highest BCUT2D eigenvalue weighted by molar-refractivity contribution is 5.97. The van der Waals surface area contributed by atoms with E-state index in [1.165, 1.54) is 17.0 Å². The van der Waals surface area contributed by atoms with Crippen molar-refractivity contribution in [3.63, 3.8) is 0 Å². The van der Waals surface area contributed by atoms with E-state index in [-0.39, 0.29) is 42.7 Å². The molecule has 0 aliphatic carbocycles. The summed E-state index contributed by atoms with van der Waals surface area (Å²) in [6.07, 6.45) is -3.86. The molecule has 1 aliphatic rings. The average Bonchev–Trinajstić information content (AvgIpc) is 2.70. The lowest BCUT2D eigenvalue weighted by molar-refractivity contribution is -0.141. The summed E-state index contributed by atoms with van der Waals surface area (Å²) in [6.45, 7) is 7.56. The predicted molar refractivity (Wildman–Crippen MR) is 112 cm³/mol. The molecule has 32 heavy (non-hydrogen) atoms. The molecule has 2 amide bonds. The first-order valence-corrected chi connectivity index (χ1v) is 10.6. The van der Waals surface area contributed by atoms with Crippen LogP contribution >= 0.6 is 0 Å². The van der Waals surface area contributed by atoms with E-state index < -0.39 is 23.6 Å². The summed E-state index contributed by atoms with van der Waals surface area (Å²) >= 11 is 0. The Morgan fingerprint density at radius 2 is 1.84 bits per heavy atom. The predicted octanol–water partition coefficient (Wildman–Crippen LogP) is 4.02. The molecule has 1 heterocycles. The van der Waals surface area contributed by atoms with Crippen LogP contribution in [0, 0.1) is 5.92 Å². The van der Waals surface area contributed by atoms with Gasteiger partial charge >= 0.3 is 12.1 Å². The van der Waals surface area contributed by atoms with Gasteiger partial charge in [0.15, 0.2) is 0 Å². The van der Waals surface area contributed by atoms with Crippen molar-refractivity contribution in [2.45, 2.75) is 52.6 Å². The second-order valence-electron chi connectivity index (χ2n) is 8.11. The van der Waals surface area contributed by atoms with Gasteiger partial charge in [0.1, 0.15) is 6.54 Å². The topological polar surface area (TPSA) is 75.7 Å². The van der Waals surface area contributed by atoms with Gasteiger partial charge in [0.25, 0.3) is 0 Å². The van der Waals surface area contributed by atoms with Gasteiger partial charge in [0, 0.05) is 24.6 Å². The van der Waals surface area contributed by atoms with Crippen LogP contribution in [0.3, 0.4) is 0 Å². The van der Waals surface area contributed by atoms with E-state index in [1.807, 2.05) is 13.8 Å². The fourth-order valence-electron chi connectivity index (χ4n) is 3.57. The lowest BCUT2D eigenvalue weighted by Crippen LogP contribution is -2.44. The van der Waals surface area contributed by atoms with Crippen LogP contribution in [0.4, 0.5) is 13.2 Å². The van der Waals surface area contributed by atoms with Crippen LogP contribution in [0.15, 0.2) is 35.5 Å². The highest BCUT2D eigenvalue weighted by Crippen LogP contribution is 2.38. The first-order valence-electron chi connectivity index (χ1n) is 10.6. The lowest BCUT2D eigenvalue weighted by Gasteiger charge is -2.34. The molecule has 1 unspecified atom stereocenters. The number of esters is 1.